The van der Waals surface area contributed by atoms with Crippen molar-refractivity contribution >= 4 is 23.2 Å². The number of aliphatic hydroxyl groups excluding tert-OH is 1. The Morgan fingerprint density at radius 2 is 1.79 bits per heavy atom. The summed E-state index contributed by atoms with van der Waals surface area (Å²) in [6.45, 7) is 0.0630. The van der Waals surface area contributed by atoms with Gasteiger partial charge in [-0.1, -0.05) is 46.6 Å². The third kappa shape index (κ3) is 4.62. The van der Waals surface area contributed by atoms with Crippen LogP contribution < -0.4 is 0 Å². The van der Waals surface area contributed by atoms with Crippen molar-refractivity contribution in [2.45, 2.75) is 69.4 Å². The van der Waals surface area contributed by atoms with Crippen LogP contribution in [0.1, 0.15) is 66.9 Å². The number of benzene rings is 2. The average Bonchev–Trinajstić information content (AvgIpc) is 3.59. The molecular formula is C26H26Cl2FNO4. The first-order valence-corrected chi connectivity index (χ1v) is 12.3. The lowest BCUT2D eigenvalue weighted by molar-refractivity contribution is -0.0656. The molecule has 180 valence electrons. The van der Waals surface area contributed by atoms with Crippen molar-refractivity contribution < 1.29 is 23.9 Å². The fourth-order valence-corrected chi connectivity index (χ4v) is 5.37. The Kier molecular flexibility index (Phi) is 6.70. The van der Waals surface area contributed by atoms with Crippen molar-refractivity contribution in [3.05, 3.63) is 74.7 Å². The van der Waals surface area contributed by atoms with Gasteiger partial charge in [0.2, 0.25) is 0 Å². The van der Waals surface area contributed by atoms with Crippen molar-refractivity contribution in [1.29, 1.82) is 0 Å². The molecule has 3 aromatic rings. The zero-order chi connectivity index (χ0) is 23.9. The van der Waals surface area contributed by atoms with E-state index in [4.69, 9.17) is 32.5 Å². The van der Waals surface area contributed by atoms with Gasteiger partial charge in [-0.15, -0.1) is 0 Å². The average molecular weight is 506 g/mol. The van der Waals surface area contributed by atoms with Gasteiger partial charge in [-0.3, -0.25) is 0 Å². The molecule has 2 N–H and O–H groups in total. The summed E-state index contributed by atoms with van der Waals surface area (Å²) in [6, 6.07) is 9.82. The van der Waals surface area contributed by atoms with Crippen molar-refractivity contribution in [3.8, 4) is 11.3 Å². The molecule has 2 aliphatic rings. The Hall–Kier alpha value is -1.96. The zero-order valence-electron chi connectivity index (χ0n) is 18.6. The molecule has 2 aromatic carbocycles. The molecule has 1 heterocycles. The van der Waals surface area contributed by atoms with Gasteiger partial charge in [0.1, 0.15) is 17.3 Å². The molecule has 0 atom stereocenters. The monoisotopic (exact) mass is 505 g/mol. The summed E-state index contributed by atoms with van der Waals surface area (Å²) >= 11 is 12.9. The lowest BCUT2D eigenvalue weighted by Gasteiger charge is -2.36. The van der Waals surface area contributed by atoms with E-state index in [1.54, 1.807) is 30.3 Å². The van der Waals surface area contributed by atoms with Crippen LogP contribution in [0.25, 0.3) is 11.3 Å². The van der Waals surface area contributed by atoms with E-state index in [2.05, 4.69) is 5.16 Å². The molecule has 8 heteroatoms. The summed E-state index contributed by atoms with van der Waals surface area (Å²) in [7, 11) is 0. The van der Waals surface area contributed by atoms with Crippen LogP contribution in [0.3, 0.4) is 0 Å². The molecule has 5 nitrogen and oxygen atoms in total. The van der Waals surface area contributed by atoms with E-state index in [9.17, 15) is 14.6 Å². The smallest absolute Gasteiger partial charge is 0.145 e. The van der Waals surface area contributed by atoms with Crippen LogP contribution in [-0.4, -0.2) is 21.5 Å². The van der Waals surface area contributed by atoms with Crippen molar-refractivity contribution in [1.82, 2.24) is 5.16 Å². The van der Waals surface area contributed by atoms with Gasteiger partial charge in [-0.05, 0) is 62.3 Å². The number of nitrogens with zero attached hydrogens (tertiary/aromatic N) is 1. The van der Waals surface area contributed by atoms with E-state index in [0.29, 0.717) is 65.1 Å². The summed E-state index contributed by atoms with van der Waals surface area (Å²) in [5, 5.41) is 25.6. The highest BCUT2D eigenvalue weighted by Crippen LogP contribution is 2.46. The van der Waals surface area contributed by atoms with Gasteiger partial charge in [0.25, 0.3) is 0 Å². The number of ether oxygens (including phenoxy) is 1. The molecule has 5 rings (SSSR count). The molecule has 0 unspecified atom stereocenters. The summed E-state index contributed by atoms with van der Waals surface area (Å²) < 4.78 is 26.5. The Labute approximate surface area is 207 Å². The maximum Gasteiger partial charge on any atom is 0.145 e. The van der Waals surface area contributed by atoms with Gasteiger partial charge in [-0.25, -0.2) is 4.39 Å². The first kappa shape index (κ1) is 23.8. The zero-order valence-corrected chi connectivity index (χ0v) is 20.1. The third-order valence-corrected chi connectivity index (χ3v) is 7.54. The minimum absolute atomic E-state index is 0.0865. The minimum Gasteiger partial charge on any atom is -0.392 e. The topological polar surface area (TPSA) is 75.7 Å². The van der Waals surface area contributed by atoms with Crippen LogP contribution in [-0.2, 0) is 23.6 Å². The highest BCUT2D eigenvalue weighted by atomic mass is 35.5. The second-order valence-electron chi connectivity index (χ2n) is 9.26. The largest absolute Gasteiger partial charge is 0.392 e. The van der Waals surface area contributed by atoms with Gasteiger partial charge in [0, 0.05) is 22.6 Å². The highest BCUT2D eigenvalue weighted by Gasteiger charge is 2.38. The number of aliphatic hydroxyl groups is 2. The molecule has 34 heavy (non-hydrogen) atoms. The molecule has 2 fully saturated rings. The normalized spacial score (nSPS) is 22.8. The molecule has 0 aliphatic heterocycles. The van der Waals surface area contributed by atoms with Gasteiger partial charge in [0.05, 0.1) is 35.0 Å². The van der Waals surface area contributed by atoms with Gasteiger partial charge in [0.15, 0.2) is 0 Å². The van der Waals surface area contributed by atoms with Crippen LogP contribution in [0.5, 0.6) is 0 Å². The molecule has 0 spiro atoms. The Morgan fingerprint density at radius 1 is 1.09 bits per heavy atom. The second-order valence-corrected chi connectivity index (χ2v) is 10.1. The summed E-state index contributed by atoms with van der Waals surface area (Å²) in [5.41, 5.74) is 1.62. The predicted octanol–water partition coefficient (Wildman–Crippen LogP) is 6.50. The number of hydrogen-bond donors (Lipinski definition) is 2. The van der Waals surface area contributed by atoms with Gasteiger partial charge < -0.3 is 19.5 Å². The summed E-state index contributed by atoms with van der Waals surface area (Å²) in [5.74, 6) is 0.667. The molecule has 2 aliphatic carbocycles. The third-order valence-electron chi connectivity index (χ3n) is 6.91. The lowest BCUT2D eigenvalue weighted by Crippen LogP contribution is -2.35. The quantitative estimate of drug-likeness (QED) is 0.383. The van der Waals surface area contributed by atoms with Crippen LogP contribution in [0, 0.1) is 5.82 Å². The maximum absolute atomic E-state index is 14.6. The fourth-order valence-electron chi connectivity index (χ4n) is 4.79. The predicted molar refractivity (Wildman–Crippen MR) is 127 cm³/mol. The minimum atomic E-state index is -1.25. The van der Waals surface area contributed by atoms with E-state index >= 15 is 0 Å². The molecule has 0 radical (unpaired) electrons. The number of halogens is 3. The van der Waals surface area contributed by atoms with Crippen LogP contribution in [0.2, 0.25) is 10.0 Å². The van der Waals surface area contributed by atoms with E-state index < -0.39 is 11.4 Å². The maximum atomic E-state index is 14.6. The van der Waals surface area contributed by atoms with Crippen LogP contribution in [0.15, 0.2) is 40.9 Å². The Bertz CT molecular complexity index is 1170. The number of rotatable bonds is 7. The number of aromatic nitrogens is 1. The lowest BCUT2D eigenvalue weighted by atomic mass is 9.78. The first-order valence-electron chi connectivity index (χ1n) is 11.6. The van der Waals surface area contributed by atoms with E-state index in [1.165, 1.54) is 6.07 Å². The Balaban J connectivity index is 1.30. The Morgan fingerprint density at radius 3 is 2.41 bits per heavy atom. The molecule has 0 saturated heterocycles. The van der Waals surface area contributed by atoms with Gasteiger partial charge in [-0.2, -0.15) is 0 Å². The molecule has 0 bridgehead atoms. The van der Waals surface area contributed by atoms with Crippen molar-refractivity contribution in [3.63, 3.8) is 0 Å². The van der Waals surface area contributed by atoms with Gasteiger partial charge >= 0.3 is 0 Å². The summed E-state index contributed by atoms with van der Waals surface area (Å²) in [6.07, 6.45) is 3.96. The SMILES string of the molecule is OCc1ccc(C2(O)CCC(OCc3c(-c4c(Cl)cccc4Cl)noc3C3CC3)CC2)c(F)c1. The first-order chi connectivity index (χ1) is 16.4. The van der Waals surface area contributed by atoms with E-state index in [1.807, 2.05) is 0 Å². The summed E-state index contributed by atoms with van der Waals surface area (Å²) in [4.78, 5) is 0. The molecule has 1 aromatic heterocycles. The fraction of sp³-hybridized carbons (Fsp3) is 0.423. The van der Waals surface area contributed by atoms with E-state index in [0.717, 1.165) is 24.2 Å². The number of hydrogen-bond acceptors (Lipinski definition) is 5. The van der Waals surface area contributed by atoms with Crippen molar-refractivity contribution in [2.75, 3.05) is 0 Å². The van der Waals surface area contributed by atoms with Crippen molar-refractivity contribution in [2.24, 2.45) is 0 Å². The molecular weight excluding hydrogens is 480 g/mol. The molecule has 2 saturated carbocycles. The van der Waals surface area contributed by atoms with E-state index in [-0.39, 0.29) is 18.3 Å². The molecule has 0 amide bonds. The standard InChI is InChI=1S/C26H26Cl2FNO4/c27-20-2-1-3-21(28)23(20)24-18(25(34-30-24)16-5-6-16)14-33-17-8-10-26(32,11-9-17)19-7-4-15(13-31)12-22(19)29/h1-4,7,12,16-17,31-32H,5-6,8-11,13-14H2. The van der Waals surface area contributed by atoms with Crippen LogP contribution >= 0.6 is 23.2 Å². The highest BCUT2D eigenvalue weighted by molar-refractivity contribution is 6.39. The van der Waals surface area contributed by atoms with Crippen LogP contribution in [0.4, 0.5) is 4.39 Å². The second kappa shape index (κ2) is 9.59.